The van der Waals surface area contributed by atoms with E-state index in [-0.39, 0.29) is 11.7 Å². The molecule has 4 rings (SSSR count). The van der Waals surface area contributed by atoms with E-state index >= 15 is 0 Å². The van der Waals surface area contributed by atoms with Gasteiger partial charge in [0.15, 0.2) is 0 Å². The van der Waals surface area contributed by atoms with E-state index < -0.39 is 17.8 Å². The number of carbonyl (C=O) groups excluding carboxylic acids is 1. The maximum Gasteiger partial charge on any atom is 0.224 e. The second kappa shape index (κ2) is 8.94. The molecule has 0 saturated carbocycles. The number of carbonyl (C=O) groups is 1. The van der Waals surface area contributed by atoms with Gasteiger partial charge in [-0.3, -0.25) is 4.79 Å². The Hall–Kier alpha value is -2.48. The minimum atomic E-state index is -0.733. The lowest BCUT2D eigenvalue weighted by atomic mass is 9.81. The first kappa shape index (κ1) is 21.7. The van der Waals surface area contributed by atoms with Crippen LogP contribution in [0.4, 0.5) is 10.1 Å². The molecule has 0 bridgehead atoms. The van der Waals surface area contributed by atoms with Gasteiger partial charge in [-0.15, -0.1) is 0 Å². The summed E-state index contributed by atoms with van der Waals surface area (Å²) in [5, 5.41) is 24.0. The van der Waals surface area contributed by atoms with E-state index in [0.29, 0.717) is 30.7 Å². The molecule has 0 aromatic heterocycles. The summed E-state index contributed by atoms with van der Waals surface area (Å²) < 4.78 is 19.7. The van der Waals surface area contributed by atoms with Crippen LogP contribution in [-0.4, -0.2) is 46.3 Å². The van der Waals surface area contributed by atoms with Crippen molar-refractivity contribution in [3.63, 3.8) is 0 Å². The number of β-amino-alcohol motifs (C(OH)–C–C–N with tert-alkyl or cyclic N) is 1. The number of fused-ring (bicyclic) bond motifs is 1. The number of amides is 1. The molecule has 1 fully saturated rings. The second-order valence-electron chi connectivity index (χ2n) is 8.53. The number of benzene rings is 2. The smallest absolute Gasteiger partial charge is 0.224 e. The number of hydrogen-bond donors (Lipinski definition) is 3. The van der Waals surface area contributed by atoms with Gasteiger partial charge in [0.05, 0.1) is 12.2 Å². The molecule has 2 aliphatic heterocycles. The maximum absolute atomic E-state index is 13.5. The van der Waals surface area contributed by atoms with Crippen LogP contribution < -0.4 is 10.1 Å². The molecule has 3 N–H and O–H groups in total. The standard InChI is InChI=1S/C24H29FN2O4/c1-2-23(30)26-18-6-3-16(4-7-18)21(29)15-27-11-9-24(10-12-27)14-20(28)19-13-17(25)5-8-22(19)31-24/h3-8,13,20-21,28-29H,2,9-12,14-15H2,1H3,(H,26,30)/t20-,21+/m1/s1. The molecule has 7 heteroatoms. The number of ether oxygens (including phenoxy) is 1. The van der Waals surface area contributed by atoms with Gasteiger partial charge in [-0.2, -0.15) is 0 Å². The van der Waals surface area contributed by atoms with Gasteiger partial charge in [-0.1, -0.05) is 19.1 Å². The molecule has 2 aromatic carbocycles. The van der Waals surface area contributed by atoms with E-state index in [1.54, 1.807) is 25.1 Å². The highest BCUT2D eigenvalue weighted by molar-refractivity contribution is 5.90. The Kier molecular flexibility index (Phi) is 6.27. The number of halogens is 1. The Morgan fingerprint density at radius 2 is 1.97 bits per heavy atom. The summed E-state index contributed by atoms with van der Waals surface area (Å²) in [5.41, 5.74) is 1.58. The lowest BCUT2D eigenvalue weighted by Gasteiger charge is -2.46. The Morgan fingerprint density at radius 3 is 2.65 bits per heavy atom. The average Bonchev–Trinajstić information content (AvgIpc) is 2.76. The Bertz CT molecular complexity index is 926. The van der Waals surface area contributed by atoms with Crippen molar-refractivity contribution in [2.75, 3.05) is 25.0 Å². The van der Waals surface area contributed by atoms with Crippen molar-refractivity contribution < 1.29 is 24.1 Å². The monoisotopic (exact) mass is 428 g/mol. The van der Waals surface area contributed by atoms with Crippen LogP contribution in [-0.2, 0) is 4.79 Å². The van der Waals surface area contributed by atoms with Gasteiger partial charge in [-0.25, -0.2) is 4.39 Å². The first-order valence-corrected chi connectivity index (χ1v) is 10.8. The Balaban J connectivity index is 1.33. The molecule has 2 heterocycles. The van der Waals surface area contributed by atoms with Gasteiger partial charge < -0.3 is 25.2 Å². The van der Waals surface area contributed by atoms with Crippen LogP contribution in [0.15, 0.2) is 42.5 Å². The fraction of sp³-hybridized carbons (Fsp3) is 0.458. The van der Waals surface area contributed by atoms with E-state index in [9.17, 15) is 19.4 Å². The minimum Gasteiger partial charge on any atom is -0.487 e. The van der Waals surface area contributed by atoms with Gasteiger partial charge in [0.1, 0.15) is 17.2 Å². The summed E-state index contributed by atoms with van der Waals surface area (Å²) in [6, 6.07) is 11.6. The summed E-state index contributed by atoms with van der Waals surface area (Å²) in [6.45, 7) is 3.78. The normalized spacial score (nSPS) is 21.2. The minimum absolute atomic E-state index is 0.0432. The van der Waals surface area contributed by atoms with Gasteiger partial charge in [-0.05, 0) is 48.7 Å². The van der Waals surface area contributed by atoms with Crippen LogP contribution in [0.3, 0.4) is 0 Å². The predicted octanol–water partition coefficient (Wildman–Crippen LogP) is 3.56. The van der Waals surface area contributed by atoms with Gasteiger partial charge in [0.2, 0.25) is 5.91 Å². The Morgan fingerprint density at radius 1 is 1.26 bits per heavy atom. The Labute approximate surface area is 181 Å². The lowest BCUT2D eigenvalue weighted by Crippen LogP contribution is -2.51. The summed E-state index contributed by atoms with van der Waals surface area (Å²) in [5.74, 6) is 0.143. The zero-order valence-corrected chi connectivity index (χ0v) is 17.7. The van der Waals surface area contributed by atoms with Gasteiger partial charge >= 0.3 is 0 Å². The third-order valence-electron chi connectivity index (χ3n) is 6.32. The summed E-state index contributed by atoms with van der Waals surface area (Å²) in [4.78, 5) is 13.7. The SMILES string of the molecule is CCC(=O)Nc1ccc([C@@H](O)CN2CCC3(CC2)C[C@@H](O)c2cc(F)ccc2O3)cc1. The number of nitrogens with one attached hydrogen (secondary N) is 1. The summed E-state index contributed by atoms with van der Waals surface area (Å²) in [6.07, 6.45) is 0.967. The molecule has 2 aromatic rings. The molecule has 0 aliphatic carbocycles. The second-order valence-corrected chi connectivity index (χ2v) is 8.53. The topological polar surface area (TPSA) is 82.0 Å². The maximum atomic E-state index is 13.5. The molecule has 1 amide bonds. The van der Waals surface area contributed by atoms with E-state index in [1.165, 1.54) is 12.1 Å². The molecule has 1 spiro atoms. The molecule has 0 unspecified atom stereocenters. The van der Waals surface area contributed by atoms with Crippen LogP contribution in [0.2, 0.25) is 0 Å². The van der Waals surface area contributed by atoms with Crippen molar-refractivity contribution in [2.24, 2.45) is 0 Å². The number of aliphatic hydroxyl groups is 2. The van der Waals surface area contributed by atoms with E-state index in [0.717, 1.165) is 37.2 Å². The molecule has 0 radical (unpaired) electrons. The third-order valence-corrected chi connectivity index (χ3v) is 6.32. The first-order valence-electron chi connectivity index (χ1n) is 10.8. The molecule has 166 valence electrons. The van der Waals surface area contributed by atoms with Gasteiger partial charge in [0, 0.05) is 43.7 Å². The zero-order chi connectivity index (χ0) is 22.0. The molecular formula is C24H29FN2O4. The number of piperidine rings is 1. The number of rotatable bonds is 5. The van der Waals surface area contributed by atoms with Crippen LogP contribution >= 0.6 is 0 Å². The molecule has 2 atom stereocenters. The summed E-state index contributed by atoms with van der Waals surface area (Å²) in [7, 11) is 0. The lowest BCUT2D eigenvalue weighted by molar-refractivity contribution is -0.115. The van der Waals surface area contributed by atoms with Crippen molar-refractivity contribution in [1.82, 2.24) is 4.90 Å². The molecule has 1 saturated heterocycles. The highest BCUT2D eigenvalue weighted by atomic mass is 19.1. The first-order chi connectivity index (χ1) is 14.9. The fourth-order valence-corrected chi connectivity index (χ4v) is 4.45. The molecule has 2 aliphatic rings. The number of anilines is 1. The highest BCUT2D eigenvalue weighted by Gasteiger charge is 2.43. The largest absolute Gasteiger partial charge is 0.487 e. The van der Waals surface area contributed by atoms with Crippen molar-refractivity contribution >= 4 is 11.6 Å². The number of hydrogen-bond acceptors (Lipinski definition) is 5. The van der Waals surface area contributed by atoms with Crippen LogP contribution in [0.1, 0.15) is 55.9 Å². The van der Waals surface area contributed by atoms with E-state index in [4.69, 9.17) is 4.74 Å². The van der Waals surface area contributed by atoms with Crippen molar-refractivity contribution in [3.05, 3.63) is 59.4 Å². The van der Waals surface area contributed by atoms with E-state index in [1.807, 2.05) is 12.1 Å². The zero-order valence-electron chi connectivity index (χ0n) is 17.7. The molecular weight excluding hydrogens is 399 g/mol. The van der Waals surface area contributed by atoms with Crippen molar-refractivity contribution in [3.8, 4) is 5.75 Å². The number of nitrogens with zero attached hydrogens (tertiary/aromatic N) is 1. The van der Waals surface area contributed by atoms with Crippen LogP contribution in [0.25, 0.3) is 0 Å². The van der Waals surface area contributed by atoms with Crippen LogP contribution in [0.5, 0.6) is 5.75 Å². The summed E-state index contributed by atoms with van der Waals surface area (Å²) >= 11 is 0. The van der Waals surface area contributed by atoms with E-state index in [2.05, 4.69) is 10.2 Å². The number of aliphatic hydroxyl groups excluding tert-OH is 2. The predicted molar refractivity (Wildman–Crippen MR) is 115 cm³/mol. The van der Waals surface area contributed by atoms with Crippen molar-refractivity contribution in [2.45, 2.75) is 50.4 Å². The molecule has 6 nitrogen and oxygen atoms in total. The quantitative estimate of drug-likeness (QED) is 0.679. The van der Waals surface area contributed by atoms with Crippen LogP contribution in [0, 0.1) is 5.82 Å². The van der Waals surface area contributed by atoms with Gasteiger partial charge in [0.25, 0.3) is 0 Å². The fourth-order valence-electron chi connectivity index (χ4n) is 4.45. The molecule has 31 heavy (non-hydrogen) atoms. The number of likely N-dealkylation sites (tertiary alicyclic amines) is 1. The third kappa shape index (κ3) is 4.89. The highest BCUT2D eigenvalue weighted by Crippen LogP contribution is 2.44. The van der Waals surface area contributed by atoms with Crippen molar-refractivity contribution in [1.29, 1.82) is 0 Å². The average molecular weight is 429 g/mol.